The van der Waals surface area contributed by atoms with E-state index in [0.717, 1.165) is 53.8 Å². The van der Waals surface area contributed by atoms with E-state index in [1.807, 2.05) is 0 Å². The molecule has 3 atom stereocenters. The molecule has 1 N–H and O–H groups in total. The Bertz CT molecular complexity index is 1560. The van der Waals surface area contributed by atoms with Gasteiger partial charge in [-0.2, -0.15) is 0 Å². The molecular weight excluding hydrogens is 539 g/mol. The third-order valence-corrected chi connectivity index (χ3v) is 8.88. The van der Waals surface area contributed by atoms with E-state index in [0.29, 0.717) is 36.7 Å². The summed E-state index contributed by atoms with van der Waals surface area (Å²) in [4.78, 5) is 45.3. The van der Waals surface area contributed by atoms with Crippen LogP contribution in [0.25, 0.3) is 10.9 Å². The third-order valence-electron chi connectivity index (χ3n) is 8.88. The molecule has 3 saturated heterocycles. The number of carbonyl (C=O) groups is 3. The van der Waals surface area contributed by atoms with Gasteiger partial charge in [-0.1, -0.05) is 12.1 Å². The predicted octanol–water partition coefficient (Wildman–Crippen LogP) is 3.49. The minimum absolute atomic E-state index is 0.203. The number of fused-ring (bicyclic) bond motifs is 2. The summed E-state index contributed by atoms with van der Waals surface area (Å²) >= 11 is 0. The molecule has 7 rings (SSSR count). The number of ether oxygens (including phenoxy) is 2. The van der Waals surface area contributed by atoms with E-state index in [1.54, 1.807) is 18.2 Å². The number of benzene rings is 2. The summed E-state index contributed by atoms with van der Waals surface area (Å²) in [6.45, 7) is 3.15. The lowest BCUT2D eigenvalue weighted by molar-refractivity contribution is -0.136. The number of hydrogen-bond acceptors (Lipinski definition) is 7. The van der Waals surface area contributed by atoms with Gasteiger partial charge >= 0.3 is 0 Å². The number of alkyl halides is 1. The molecule has 5 heterocycles. The van der Waals surface area contributed by atoms with Crippen LogP contribution >= 0.6 is 0 Å². The second kappa shape index (κ2) is 11.1. The largest absolute Gasteiger partial charge is 0.486 e. The summed E-state index contributed by atoms with van der Waals surface area (Å²) < 4.78 is 26.7. The third kappa shape index (κ3) is 5.25. The highest BCUT2D eigenvalue weighted by Gasteiger charge is 2.40. The number of aromatic nitrogens is 1. The molecule has 42 heavy (non-hydrogen) atoms. The summed E-state index contributed by atoms with van der Waals surface area (Å²) in [6, 6.07) is 14.9. The van der Waals surface area contributed by atoms with Crippen LogP contribution in [0.5, 0.6) is 5.75 Å². The van der Waals surface area contributed by atoms with Gasteiger partial charge in [0.15, 0.2) is 6.17 Å². The lowest BCUT2D eigenvalue weighted by Crippen LogP contribution is -2.52. The minimum atomic E-state index is -1.15. The van der Waals surface area contributed by atoms with E-state index in [4.69, 9.17) is 14.5 Å². The number of imide groups is 1. The zero-order chi connectivity index (χ0) is 28.8. The maximum absolute atomic E-state index is 15.1. The summed E-state index contributed by atoms with van der Waals surface area (Å²) in [5, 5.41) is 3.39. The highest BCUT2D eigenvalue weighted by molar-refractivity contribution is 6.05. The van der Waals surface area contributed by atoms with Crippen LogP contribution in [-0.4, -0.2) is 77.1 Å². The van der Waals surface area contributed by atoms with Crippen LogP contribution in [0.2, 0.25) is 0 Å². The average Bonchev–Trinajstić information content (AvgIpc) is 3.50. The Kier molecular flexibility index (Phi) is 7.11. The lowest BCUT2D eigenvalue weighted by Gasteiger charge is -2.29. The van der Waals surface area contributed by atoms with Crippen molar-refractivity contribution in [2.75, 3.05) is 26.3 Å². The second-order valence-corrected chi connectivity index (χ2v) is 11.7. The first kappa shape index (κ1) is 27.0. The first-order valence-electron chi connectivity index (χ1n) is 14.7. The number of nitrogens with one attached hydrogen (secondary N) is 1. The van der Waals surface area contributed by atoms with Crippen molar-refractivity contribution in [3.05, 3.63) is 70.9 Å². The molecule has 10 heteroatoms. The Labute approximate surface area is 243 Å². The number of piperidine rings is 1. The Hall–Kier alpha value is -3.89. The summed E-state index contributed by atoms with van der Waals surface area (Å²) in [5.74, 6) is -0.0659. The molecule has 4 aliphatic rings. The van der Waals surface area contributed by atoms with Crippen LogP contribution in [0.1, 0.15) is 58.8 Å². The molecule has 0 aliphatic carbocycles. The van der Waals surface area contributed by atoms with Gasteiger partial charge in [0.1, 0.15) is 17.9 Å². The summed E-state index contributed by atoms with van der Waals surface area (Å²) in [5.41, 5.74) is 4.43. The van der Waals surface area contributed by atoms with Crippen molar-refractivity contribution >= 4 is 28.6 Å². The summed E-state index contributed by atoms with van der Waals surface area (Å²) in [7, 11) is 0. The van der Waals surface area contributed by atoms with Crippen LogP contribution in [0, 0.1) is 0 Å². The van der Waals surface area contributed by atoms with Crippen molar-refractivity contribution in [2.24, 2.45) is 0 Å². The van der Waals surface area contributed by atoms with Crippen molar-refractivity contribution in [1.82, 2.24) is 20.1 Å². The highest BCUT2D eigenvalue weighted by atomic mass is 19.1. The van der Waals surface area contributed by atoms with Gasteiger partial charge in [-0.25, -0.2) is 4.39 Å². The maximum atomic E-state index is 15.1. The van der Waals surface area contributed by atoms with Gasteiger partial charge in [-0.3, -0.25) is 29.6 Å². The van der Waals surface area contributed by atoms with Gasteiger partial charge in [-0.05, 0) is 66.8 Å². The van der Waals surface area contributed by atoms with Crippen molar-refractivity contribution in [2.45, 2.75) is 63.0 Å². The van der Waals surface area contributed by atoms with Crippen molar-refractivity contribution in [3.8, 4) is 5.75 Å². The monoisotopic (exact) mass is 572 g/mol. The number of pyridine rings is 1. The van der Waals surface area contributed by atoms with E-state index in [-0.39, 0.29) is 31.3 Å². The number of nitrogens with zero attached hydrogens (tertiary/aromatic N) is 3. The molecule has 4 aliphatic heterocycles. The first-order chi connectivity index (χ1) is 20.4. The molecule has 0 bridgehead atoms. The molecule has 0 spiro atoms. The number of halogens is 1. The minimum Gasteiger partial charge on any atom is -0.486 e. The lowest BCUT2D eigenvalue weighted by atomic mass is 9.95. The topological polar surface area (TPSA) is 101 Å². The molecule has 2 aromatic carbocycles. The van der Waals surface area contributed by atoms with Gasteiger partial charge in [-0.15, -0.1) is 0 Å². The Morgan fingerprint density at radius 2 is 1.86 bits per heavy atom. The van der Waals surface area contributed by atoms with Gasteiger partial charge in [0.25, 0.3) is 5.91 Å². The fourth-order valence-corrected chi connectivity index (χ4v) is 6.61. The van der Waals surface area contributed by atoms with E-state index < -0.39 is 24.2 Å². The number of rotatable bonds is 6. The number of amides is 3. The molecule has 3 fully saturated rings. The molecule has 0 radical (unpaired) electrons. The Morgan fingerprint density at radius 1 is 1.00 bits per heavy atom. The number of carbonyl (C=O) groups excluding carboxylic acids is 3. The smallest absolute Gasteiger partial charge is 0.255 e. The first-order valence-corrected chi connectivity index (χ1v) is 14.7. The molecule has 0 saturated carbocycles. The van der Waals surface area contributed by atoms with E-state index >= 15 is 4.39 Å². The molecule has 9 nitrogen and oxygen atoms in total. The van der Waals surface area contributed by atoms with Crippen LogP contribution < -0.4 is 10.1 Å². The number of hydrogen-bond donors (Lipinski definition) is 1. The quantitative estimate of drug-likeness (QED) is 0.452. The van der Waals surface area contributed by atoms with Crippen LogP contribution in [0.4, 0.5) is 4.39 Å². The normalized spacial score (nSPS) is 25.2. The van der Waals surface area contributed by atoms with E-state index in [2.05, 4.69) is 40.5 Å². The Balaban J connectivity index is 0.982. The van der Waals surface area contributed by atoms with Gasteiger partial charge in [0, 0.05) is 68.4 Å². The van der Waals surface area contributed by atoms with Gasteiger partial charge in [0.05, 0.1) is 5.52 Å². The molecule has 1 unspecified atom stereocenters. The fraction of sp³-hybridized carbons (Fsp3) is 0.438. The second-order valence-electron chi connectivity index (χ2n) is 11.7. The SMILES string of the molecule is O=C1CCC(N2Cc3cc(O[C@@H]4CN(Cc5ccc6nc(C7CCOCC7)ccc6c5)C[C@@H]4F)ccc3C2=O)C(=O)N1. The molecular formula is C32H33FN4O5. The highest BCUT2D eigenvalue weighted by Crippen LogP contribution is 2.32. The fourth-order valence-electron chi connectivity index (χ4n) is 6.61. The van der Waals surface area contributed by atoms with Gasteiger partial charge < -0.3 is 14.4 Å². The maximum Gasteiger partial charge on any atom is 0.255 e. The van der Waals surface area contributed by atoms with Crippen LogP contribution in [0.3, 0.4) is 0 Å². The molecule has 218 valence electrons. The van der Waals surface area contributed by atoms with Crippen molar-refractivity contribution < 1.29 is 28.2 Å². The molecule has 1 aromatic heterocycles. The van der Waals surface area contributed by atoms with Crippen LogP contribution in [-0.2, 0) is 27.4 Å². The van der Waals surface area contributed by atoms with E-state index in [1.165, 1.54) is 4.90 Å². The molecule has 3 amide bonds. The zero-order valence-electron chi connectivity index (χ0n) is 23.3. The van der Waals surface area contributed by atoms with Gasteiger partial charge in [0.2, 0.25) is 11.8 Å². The summed E-state index contributed by atoms with van der Waals surface area (Å²) in [6.07, 6.45) is 0.738. The average molecular weight is 573 g/mol. The standard InChI is InChI=1S/C32H33FN4O5/c33-25-17-36(15-19-1-5-27-21(13-19)2-6-26(34-27)20-9-11-41-12-10-20)18-29(25)42-23-3-4-24-22(14-23)16-37(32(24)40)28-7-8-30(38)35-31(28)39/h1-6,13-14,20,25,28-29H,7-12,15-18H2,(H,35,38,39)/t25-,28?,29+/m0/s1. The van der Waals surface area contributed by atoms with Crippen molar-refractivity contribution in [1.29, 1.82) is 0 Å². The molecule has 3 aromatic rings. The Morgan fingerprint density at radius 3 is 2.69 bits per heavy atom. The predicted molar refractivity (Wildman–Crippen MR) is 152 cm³/mol. The van der Waals surface area contributed by atoms with Crippen molar-refractivity contribution in [3.63, 3.8) is 0 Å². The number of likely N-dealkylation sites (tertiary alicyclic amines) is 1. The van der Waals surface area contributed by atoms with Crippen LogP contribution in [0.15, 0.2) is 48.5 Å². The van der Waals surface area contributed by atoms with E-state index in [9.17, 15) is 14.4 Å². The zero-order valence-corrected chi connectivity index (χ0v) is 23.3.